The summed E-state index contributed by atoms with van der Waals surface area (Å²) in [5.41, 5.74) is 2.43. The van der Waals surface area contributed by atoms with Gasteiger partial charge in [-0.25, -0.2) is 0 Å². The first-order valence-electron chi connectivity index (χ1n) is 12.2. The van der Waals surface area contributed by atoms with Gasteiger partial charge in [0.2, 0.25) is 0 Å². The Bertz CT molecular complexity index is 671. The van der Waals surface area contributed by atoms with E-state index in [1.165, 1.54) is 37.7 Å². The first-order chi connectivity index (χ1) is 14.0. The van der Waals surface area contributed by atoms with E-state index in [9.17, 15) is 15.3 Å². The Labute approximate surface area is 184 Å². The number of aliphatic hydroxyl groups excluding tert-OH is 2. The Morgan fingerprint density at radius 1 is 1.03 bits per heavy atom. The minimum absolute atomic E-state index is 0.152. The highest BCUT2D eigenvalue weighted by atomic mass is 16.3. The normalized spacial score (nSPS) is 38.7. The molecule has 3 heteroatoms. The van der Waals surface area contributed by atoms with Crippen molar-refractivity contribution >= 4 is 0 Å². The molecular weight excluding hydrogens is 372 g/mol. The van der Waals surface area contributed by atoms with Crippen molar-refractivity contribution in [2.75, 3.05) is 0 Å². The molecule has 3 nitrogen and oxygen atoms in total. The Balaban J connectivity index is 1.73. The molecule has 0 aromatic carbocycles. The second-order valence-electron chi connectivity index (χ2n) is 11.3. The van der Waals surface area contributed by atoms with E-state index in [2.05, 4.69) is 45.1 Å². The molecule has 0 radical (unpaired) electrons. The lowest BCUT2D eigenvalue weighted by Crippen LogP contribution is -2.35. The van der Waals surface area contributed by atoms with Gasteiger partial charge in [-0.15, -0.1) is 0 Å². The Morgan fingerprint density at radius 2 is 1.70 bits per heavy atom. The Morgan fingerprint density at radius 3 is 2.33 bits per heavy atom. The molecule has 0 bridgehead atoms. The minimum atomic E-state index is -0.674. The molecule has 7 atom stereocenters. The second kappa shape index (κ2) is 9.30. The van der Waals surface area contributed by atoms with Gasteiger partial charge < -0.3 is 15.3 Å². The summed E-state index contributed by atoms with van der Waals surface area (Å²) in [6.07, 6.45) is 16.5. The van der Waals surface area contributed by atoms with E-state index < -0.39 is 17.8 Å². The highest BCUT2D eigenvalue weighted by Crippen LogP contribution is 2.59. The van der Waals surface area contributed by atoms with Crippen LogP contribution in [0, 0.1) is 29.1 Å². The molecule has 0 spiro atoms. The van der Waals surface area contributed by atoms with Gasteiger partial charge in [0, 0.05) is 5.92 Å². The van der Waals surface area contributed by atoms with Gasteiger partial charge in [0.15, 0.2) is 0 Å². The smallest absolute Gasteiger partial charge is 0.0651 e. The summed E-state index contributed by atoms with van der Waals surface area (Å²) < 4.78 is 0. The maximum atomic E-state index is 10.2. The molecule has 0 amide bonds. The molecule has 0 aromatic heterocycles. The third-order valence-electron chi connectivity index (χ3n) is 8.56. The Hall–Kier alpha value is -0.900. The molecule has 0 aromatic rings. The molecule has 3 N–H and O–H groups in total. The molecule has 3 aliphatic carbocycles. The van der Waals surface area contributed by atoms with Crippen LogP contribution in [0.25, 0.3) is 0 Å². The van der Waals surface area contributed by atoms with E-state index in [1.54, 1.807) is 5.57 Å². The Kier molecular flexibility index (Phi) is 7.37. The fourth-order valence-corrected chi connectivity index (χ4v) is 6.39. The molecule has 3 rings (SSSR count). The number of hydrogen-bond acceptors (Lipinski definition) is 3. The summed E-state index contributed by atoms with van der Waals surface area (Å²) in [5.74, 6) is 2.00. The zero-order valence-corrected chi connectivity index (χ0v) is 19.8. The molecule has 3 saturated carbocycles. The number of rotatable bonds is 5. The summed E-state index contributed by atoms with van der Waals surface area (Å²) in [7, 11) is 0. The monoisotopic (exact) mass is 416 g/mol. The minimum Gasteiger partial charge on any atom is -0.393 e. The van der Waals surface area contributed by atoms with Gasteiger partial charge in [-0.3, -0.25) is 0 Å². The average Bonchev–Trinajstić information content (AvgIpc) is 3.00. The SMILES string of the molecule is C[C@H](/C=C/[C@H](C)C(C)(C)O)[C@H]1CC[C@H]2/C(=C/C=C3C[C@@H](O)C[C@H](O)C3)CCC[C@@]12C. The van der Waals surface area contributed by atoms with Crippen molar-refractivity contribution in [2.45, 2.75) is 104 Å². The lowest BCUT2D eigenvalue weighted by molar-refractivity contribution is 0.0436. The van der Waals surface area contributed by atoms with Crippen LogP contribution in [0.2, 0.25) is 0 Å². The van der Waals surface area contributed by atoms with E-state index >= 15 is 0 Å². The quantitative estimate of drug-likeness (QED) is 0.514. The number of allylic oxidation sites excluding steroid dienone is 4. The van der Waals surface area contributed by atoms with Crippen LogP contribution in [0.4, 0.5) is 0 Å². The first kappa shape index (κ1) is 23.8. The topological polar surface area (TPSA) is 60.7 Å². The summed E-state index contributed by atoms with van der Waals surface area (Å²) in [4.78, 5) is 0. The largest absolute Gasteiger partial charge is 0.393 e. The first-order valence-corrected chi connectivity index (χ1v) is 12.2. The standard InChI is InChI=1S/C27H44O3/c1-18(8-9-19(2)26(3,4)30)24-12-13-25-21(7-6-14-27(24,25)5)11-10-20-15-22(28)17-23(29)16-20/h8-11,18-19,22-25,28-30H,6-7,12-17H2,1-5H3/b9-8+,21-11+/t18-,19+,22-,23-,24-,25+,27+/m1/s1. The van der Waals surface area contributed by atoms with Gasteiger partial charge in [0.1, 0.15) is 0 Å². The molecular formula is C27H44O3. The van der Waals surface area contributed by atoms with Crippen LogP contribution in [-0.4, -0.2) is 33.1 Å². The predicted octanol–water partition coefficient (Wildman–Crippen LogP) is 5.56. The second-order valence-corrected chi connectivity index (χ2v) is 11.3. The maximum Gasteiger partial charge on any atom is 0.0651 e. The van der Waals surface area contributed by atoms with Crippen molar-refractivity contribution in [3.63, 3.8) is 0 Å². The van der Waals surface area contributed by atoms with Crippen LogP contribution in [0.15, 0.2) is 35.5 Å². The summed E-state index contributed by atoms with van der Waals surface area (Å²) >= 11 is 0. The van der Waals surface area contributed by atoms with E-state index in [-0.39, 0.29) is 5.92 Å². The van der Waals surface area contributed by atoms with Crippen LogP contribution in [0.3, 0.4) is 0 Å². The molecule has 30 heavy (non-hydrogen) atoms. The molecule has 3 fully saturated rings. The van der Waals surface area contributed by atoms with Crippen LogP contribution in [-0.2, 0) is 0 Å². The maximum absolute atomic E-state index is 10.2. The molecule has 0 heterocycles. The van der Waals surface area contributed by atoms with Gasteiger partial charge in [-0.1, -0.05) is 56.2 Å². The van der Waals surface area contributed by atoms with Crippen molar-refractivity contribution in [1.29, 1.82) is 0 Å². The van der Waals surface area contributed by atoms with Gasteiger partial charge >= 0.3 is 0 Å². The fourth-order valence-electron chi connectivity index (χ4n) is 6.39. The van der Waals surface area contributed by atoms with Crippen molar-refractivity contribution in [2.24, 2.45) is 29.1 Å². The molecule has 0 unspecified atom stereocenters. The van der Waals surface area contributed by atoms with Crippen LogP contribution in [0.1, 0.15) is 86.0 Å². The zero-order chi connectivity index (χ0) is 22.1. The highest BCUT2D eigenvalue weighted by molar-refractivity contribution is 5.26. The molecule has 170 valence electrons. The van der Waals surface area contributed by atoms with Gasteiger partial charge in [0.25, 0.3) is 0 Å². The van der Waals surface area contributed by atoms with Crippen LogP contribution in [0.5, 0.6) is 0 Å². The molecule has 0 aliphatic heterocycles. The third kappa shape index (κ3) is 5.29. The molecule has 3 aliphatic rings. The van der Waals surface area contributed by atoms with Gasteiger partial charge in [0.05, 0.1) is 17.8 Å². The fraction of sp³-hybridized carbons (Fsp3) is 0.778. The number of fused-ring (bicyclic) bond motifs is 1. The van der Waals surface area contributed by atoms with E-state index in [0.29, 0.717) is 42.4 Å². The van der Waals surface area contributed by atoms with Crippen LogP contribution < -0.4 is 0 Å². The number of aliphatic hydroxyl groups is 3. The van der Waals surface area contributed by atoms with E-state index in [0.717, 1.165) is 0 Å². The van der Waals surface area contributed by atoms with Crippen molar-refractivity contribution in [3.05, 3.63) is 35.5 Å². The van der Waals surface area contributed by atoms with Crippen molar-refractivity contribution in [3.8, 4) is 0 Å². The van der Waals surface area contributed by atoms with Crippen LogP contribution >= 0.6 is 0 Å². The zero-order valence-electron chi connectivity index (χ0n) is 19.8. The highest BCUT2D eigenvalue weighted by Gasteiger charge is 2.50. The predicted molar refractivity (Wildman–Crippen MR) is 124 cm³/mol. The average molecular weight is 417 g/mol. The van der Waals surface area contributed by atoms with Gasteiger partial charge in [-0.05, 0) is 88.4 Å². The van der Waals surface area contributed by atoms with Crippen molar-refractivity contribution < 1.29 is 15.3 Å². The summed E-state index contributed by atoms with van der Waals surface area (Å²) in [5, 5.41) is 30.2. The molecule has 0 saturated heterocycles. The number of hydrogen-bond donors (Lipinski definition) is 3. The van der Waals surface area contributed by atoms with E-state index in [4.69, 9.17) is 0 Å². The third-order valence-corrected chi connectivity index (χ3v) is 8.56. The van der Waals surface area contributed by atoms with E-state index in [1.807, 2.05) is 13.8 Å². The lowest BCUT2D eigenvalue weighted by atomic mass is 9.61. The van der Waals surface area contributed by atoms with Gasteiger partial charge in [-0.2, -0.15) is 0 Å². The lowest BCUT2D eigenvalue weighted by Gasteiger charge is -2.44. The summed E-state index contributed by atoms with van der Waals surface area (Å²) in [6.45, 7) is 10.7. The summed E-state index contributed by atoms with van der Waals surface area (Å²) in [6, 6.07) is 0. The van der Waals surface area contributed by atoms with Crippen molar-refractivity contribution in [1.82, 2.24) is 0 Å².